The average Bonchev–Trinajstić information content (AvgIpc) is 3.19. The molecule has 0 saturated carbocycles. The van der Waals surface area contributed by atoms with E-state index < -0.39 is 5.97 Å². The maximum absolute atomic E-state index is 12.9. The van der Waals surface area contributed by atoms with Crippen molar-refractivity contribution in [2.45, 2.75) is 63.9 Å². The molecule has 3 rings (SSSR count). The van der Waals surface area contributed by atoms with E-state index in [0.717, 1.165) is 16.9 Å². The minimum absolute atomic E-state index is 0.00845. The van der Waals surface area contributed by atoms with Crippen LogP contribution < -0.4 is 11.2 Å². The summed E-state index contributed by atoms with van der Waals surface area (Å²) in [7, 11) is 0. The van der Waals surface area contributed by atoms with E-state index in [0.29, 0.717) is 42.9 Å². The van der Waals surface area contributed by atoms with Crippen LogP contribution in [0.25, 0.3) is 11.2 Å². The van der Waals surface area contributed by atoms with Crippen molar-refractivity contribution in [1.29, 1.82) is 0 Å². The van der Waals surface area contributed by atoms with Crippen LogP contribution in [0.5, 0.6) is 0 Å². The second-order valence-electron chi connectivity index (χ2n) is 7.64. The molecule has 0 aliphatic heterocycles. The van der Waals surface area contributed by atoms with Crippen molar-refractivity contribution >= 4 is 28.9 Å². The second-order valence-corrected chi connectivity index (χ2v) is 8.69. The zero-order valence-corrected chi connectivity index (χ0v) is 18.9. The highest BCUT2D eigenvalue weighted by Gasteiger charge is 2.19. The molecule has 0 saturated heterocycles. The number of carbonyl (C=O) groups is 1. The van der Waals surface area contributed by atoms with Crippen molar-refractivity contribution in [3.63, 3.8) is 0 Å². The third-order valence-electron chi connectivity index (χ3n) is 5.07. The SMILES string of the molecule is CCCn1c(=O)c2[nH]c(C(C)Cc3ccc(SCC(=O)O)cc3)nc2n(CCC)c1=O. The summed E-state index contributed by atoms with van der Waals surface area (Å²) in [4.78, 5) is 45.1. The molecular weight excluding hydrogens is 416 g/mol. The zero-order chi connectivity index (χ0) is 22.5. The fourth-order valence-corrected chi connectivity index (χ4v) is 4.20. The Hall–Kier alpha value is -2.81. The summed E-state index contributed by atoms with van der Waals surface area (Å²) in [6.07, 6.45) is 2.17. The maximum atomic E-state index is 12.9. The van der Waals surface area contributed by atoms with Crippen LogP contribution in [0.3, 0.4) is 0 Å². The van der Waals surface area contributed by atoms with Gasteiger partial charge in [0.25, 0.3) is 5.56 Å². The van der Waals surface area contributed by atoms with Gasteiger partial charge in [-0.25, -0.2) is 9.78 Å². The lowest BCUT2D eigenvalue weighted by Crippen LogP contribution is -2.40. The first kappa shape index (κ1) is 22.9. The molecule has 2 heterocycles. The van der Waals surface area contributed by atoms with Gasteiger partial charge in [-0.3, -0.25) is 18.7 Å². The average molecular weight is 445 g/mol. The number of nitrogens with zero attached hydrogens (tertiary/aromatic N) is 3. The molecule has 0 radical (unpaired) electrons. The predicted octanol–water partition coefficient (Wildman–Crippen LogP) is 3.23. The number of H-pyrrole nitrogens is 1. The molecule has 2 N–H and O–H groups in total. The van der Waals surface area contributed by atoms with Crippen molar-refractivity contribution in [3.05, 3.63) is 56.5 Å². The van der Waals surface area contributed by atoms with Gasteiger partial charge in [-0.15, -0.1) is 11.8 Å². The summed E-state index contributed by atoms with van der Waals surface area (Å²) >= 11 is 1.28. The van der Waals surface area contributed by atoms with E-state index in [1.54, 1.807) is 4.57 Å². The Bertz CT molecular complexity index is 1180. The molecule has 0 spiro atoms. The van der Waals surface area contributed by atoms with Crippen LogP contribution in [-0.2, 0) is 24.3 Å². The summed E-state index contributed by atoms with van der Waals surface area (Å²) in [5.74, 6) is -0.125. The molecule has 1 atom stereocenters. The normalized spacial score (nSPS) is 12.4. The van der Waals surface area contributed by atoms with E-state index >= 15 is 0 Å². The third kappa shape index (κ3) is 5.10. The standard InChI is InChI=1S/C22H28N4O4S/c1-4-10-25-20-18(21(29)26(11-5-2)22(25)30)23-19(24-20)14(3)12-15-6-8-16(9-7-15)31-13-17(27)28/h6-9,14H,4-5,10-13H2,1-3H3,(H,23,24)(H,27,28). The Kier molecular flexibility index (Phi) is 7.37. The summed E-state index contributed by atoms with van der Waals surface area (Å²) in [5.41, 5.74) is 1.26. The molecule has 31 heavy (non-hydrogen) atoms. The van der Waals surface area contributed by atoms with Gasteiger partial charge in [0.2, 0.25) is 0 Å². The first-order valence-electron chi connectivity index (χ1n) is 10.5. The number of aryl methyl sites for hydroxylation is 1. The van der Waals surface area contributed by atoms with Gasteiger partial charge < -0.3 is 10.1 Å². The molecule has 9 heteroatoms. The van der Waals surface area contributed by atoms with Gasteiger partial charge in [-0.2, -0.15) is 0 Å². The summed E-state index contributed by atoms with van der Waals surface area (Å²) in [6, 6.07) is 7.78. The van der Waals surface area contributed by atoms with E-state index in [1.165, 1.54) is 16.3 Å². The molecule has 1 unspecified atom stereocenters. The van der Waals surface area contributed by atoms with Gasteiger partial charge in [0, 0.05) is 23.9 Å². The molecule has 1 aromatic carbocycles. The fourth-order valence-electron chi connectivity index (χ4n) is 3.58. The number of benzene rings is 1. The predicted molar refractivity (Wildman–Crippen MR) is 122 cm³/mol. The van der Waals surface area contributed by atoms with Crippen LogP contribution in [0.1, 0.15) is 50.9 Å². The Labute approximate surface area is 184 Å². The van der Waals surface area contributed by atoms with Gasteiger partial charge in [0.05, 0.1) is 5.75 Å². The molecule has 0 bridgehead atoms. The monoisotopic (exact) mass is 444 g/mol. The van der Waals surface area contributed by atoms with E-state index in [1.807, 2.05) is 45.0 Å². The van der Waals surface area contributed by atoms with Crippen LogP contribution in [0.15, 0.2) is 38.8 Å². The van der Waals surface area contributed by atoms with Crippen LogP contribution >= 0.6 is 11.8 Å². The number of thioether (sulfide) groups is 1. The van der Waals surface area contributed by atoms with Gasteiger partial charge >= 0.3 is 11.7 Å². The number of hydrogen-bond acceptors (Lipinski definition) is 5. The Balaban J connectivity index is 1.89. The number of nitrogens with one attached hydrogen (secondary N) is 1. The van der Waals surface area contributed by atoms with E-state index in [4.69, 9.17) is 5.11 Å². The van der Waals surface area contributed by atoms with E-state index in [-0.39, 0.29) is 22.9 Å². The first-order valence-corrected chi connectivity index (χ1v) is 11.5. The molecule has 3 aromatic rings. The van der Waals surface area contributed by atoms with Gasteiger partial charge in [-0.1, -0.05) is 32.9 Å². The number of carboxylic acid groups (broad SMARTS) is 1. The minimum atomic E-state index is -0.841. The number of aromatic nitrogens is 4. The lowest BCUT2D eigenvalue weighted by molar-refractivity contribution is -0.133. The molecule has 166 valence electrons. The fraction of sp³-hybridized carbons (Fsp3) is 0.455. The molecule has 0 aliphatic rings. The minimum Gasteiger partial charge on any atom is -0.481 e. The van der Waals surface area contributed by atoms with Crippen LogP contribution in [-0.4, -0.2) is 35.9 Å². The summed E-state index contributed by atoms with van der Waals surface area (Å²) in [5, 5.41) is 8.79. The molecule has 8 nitrogen and oxygen atoms in total. The number of rotatable bonds is 10. The van der Waals surface area contributed by atoms with Crippen LogP contribution in [0.2, 0.25) is 0 Å². The quantitative estimate of drug-likeness (QED) is 0.465. The molecule has 2 aromatic heterocycles. The third-order valence-corrected chi connectivity index (χ3v) is 6.07. The summed E-state index contributed by atoms with van der Waals surface area (Å²) in [6.45, 7) is 6.84. The van der Waals surface area contributed by atoms with Gasteiger partial charge in [0.1, 0.15) is 11.3 Å². The number of aromatic amines is 1. The smallest absolute Gasteiger partial charge is 0.332 e. The number of carboxylic acids is 1. The van der Waals surface area contributed by atoms with E-state index in [2.05, 4.69) is 9.97 Å². The lowest BCUT2D eigenvalue weighted by atomic mass is 10.0. The van der Waals surface area contributed by atoms with E-state index in [9.17, 15) is 14.4 Å². The Morgan fingerprint density at radius 1 is 1.13 bits per heavy atom. The number of aliphatic carboxylic acids is 1. The number of imidazole rings is 1. The highest BCUT2D eigenvalue weighted by Crippen LogP contribution is 2.23. The van der Waals surface area contributed by atoms with Crippen molar-refractivity contribution in [1.82, 2.24) is 19.1 Å². The van der Waals surface area contributed by atoms with Crippen LogP contribution in [0, 0.1) is 0 Å². The van der Waals surface area contributed by atoms with Crippen molar-refractivity contribution < 1.29 is 9.90 Å². The van der Waals surface area contributed by atoms with Crippen molar-refractivity contribution in [2.75, 3.05) is 5.75 Å². The highest BCUT2D eigenvalue weighted by molar-refractivity contribution is 8.00. The Morgan fingerprint density at radius 2 is 1.77 bits per heavy atom. The topological polar surface area (TPSA) is 110 Å². The van der Waals surface area contributed by atoms with Gasteiger partial charge in [-0.05, 0) is 37.0 Å². The first-order chi connectivity index (χ1) is 14.8. The largest absolute Gasteiger partial charge is 0.481 e. The van der Waals surface area contributed by atoms with Crippen LogP contribution in [0.4, 0.5) is 0 Å². The second kappa shape index (κ2) is 10.00. The zero-order valence-electron chi connectivity index (χ0n) is 18.1. The number of hydrogen-bond donors (Lipinski definition) is 2. The Morgan fingerprint density at radius 3 is 2.39 bits per heavy atom. The molecule has 0 fully saturated rings. The molecular formula is C22H28N4O4S. The molecule has 0 amide bonds. The summed E-state index contributed by atoms with van der Waals surface area (Å²) < 4.78 is 2.88. The number of fused-ring (bicyclic) bond motifs is 1. The van der Waals surface area contributed by atoms with Crippen molar-refractivity contribution in [3.8, 4) is 0 Å². The highest BCUT2D eigenvalue weighted by atomic mass is 32.2. The maximum Gasteiger partial charge on any atom is 0.332 e. The molecule has 0 aliphatic carbocycles. The van der Waals surface area contributed by atoms with Crippen molar-refractivity contribution in [2.24, 2.45) is 0 Å². The van der Waals surface area contributed by atoms with Gasteiger partial charge in [0.15, 0.2) is 5.65 Å². The lowest BCUT2D eigenvalue weighted by Gasteiger charge is -2.09.